The third-order valence-corrected chi connectivity index (χ3v) is 10.9. The van der Waals surface area contributed by atoms with Crippen LogP contribution < -0.4 is 9.80 Å². The first-order chi connectivity index (χ1) is 22.2. The largest absolute Gasteiger partial charge is 0.507 e. The van der Waals surface area contributed by atoms with Crippen LogP contribution in [0.4, 0.5) is 11.4 Å². The van der Waals surface area contributed by atoms with Crippen LogP contribution >= 0.6 is 0 Å². The van der Waals surface area contributed by atoms with E-state index in [-0.39, 0.29) is 23.0 Å². The molecule has 8 nitrogen and oxygen atoms in total. The van der Waals surface area contributed by atoms with Gasteiger partial charge in [0.25, 0.3) is 0 Å². The van der Waals surface area contributed by atoms with E-state index in [0.29, 0.717) is 32.7 Å². The Hall–Kier alpha value is -4.92. The summed E-state index contributed by atoms with van der Waals surface area (Å²) in [5, 5.41) is 75.4. The van der Waals surface area contributed by atoms with Gasteiger partial charge in [-0.25, -0.2) is 0 Å². The molecule has 1 fully saturated rings. The molecule has 0 aromatic heterocycles. The molecule has 1 aliphatic carbocycles. The normalized spacial score (nSPS) is 21.9. The number of fused-ring (bicyclic) bond motifs is 2. The van der Waals surface area contributed by atoms with E-state index >= 15 is 0 Å². The van der Waals surface area contributed by atoms with Crippen molar-refractivity contribution in [2.45, 2.75) is 36.9 Å². The number of aliphatic hydroxyl groups is 2. The van der Waals surface area contributed by atoms with Crippen molar-refractivity contribution in [3.8, 4) is 23.0 Å². The van der Waals surface area contributed by atoms with Crippen molar-refractivity contribution >= 4 is 54.5 Å². The molecule has 6 aromatic rings. The molecule has 2 unspecified atom stereocenters. The molecule has 2 heterocycles. The number of hydrogen-bond acceptors (Lipinski definition) is 8. The lowest BCUT2D eigenvalue weighted by atomic mass is 9.60. The fourth-order valence-corrected chi connectivity index (χ4v) is 9.03. The van der Waals surface area contributed by atoms with Crippen molar-refractivity contribution in [2.24, 2.45) is 0 Å². The highest BCUT2D eigenvalue weighted by molar-refractivity contribution is 6.21. The van der Waals surface area contributed by atoms with Crippen molar-refractivity contribution < 1.29 is 30.6 Å². The maximum Gasteiger partial charge on any atom is 0.123 e. The second-order valence-electron chi connectivity index (χ2n) is 13.3. The second kappa shape index (κ2) is 9.31. The molecule has 0 amide bonds. The standard InChI is InChI=1S/C38H34N2O6/c1-39(2)35-19-5-3-7-21(41)27(19)31(28-20(35)6-4-8-22(28)42)33-37(45)34(38(33)46)32-29-23(43)11-9-17-13-15-40-16-14-18-10-12-24(44)30(32)26(18)36(40)25(17)29/h3-12,33-34,37-38,41-46H,13-16H2,1-2H3. The summed E-state index contributed by atoms with van der Waals surface area (Å²) in [6, 6.07) is 17.7. The molecular weight excluding hydrogens is 580 g/mol. The number of phenols is 4. The van der Waals surface area contributed by atoms with Gasteiger partial charge in [-0.2, -0.15) is 0 Å². The topological polar surface area (TPSA) is 128 Å². The smallest absolute Gasteiger partial charge is 0.123 e. The van der Waals surface area contributed by atoms with Crippen molar-refractivity contribution in [2.75, 3.05) is 37.0 Å². The number of benzene rings is 6. The van der Waals surface area contributed by atoms with E-state index in [1.165, 1.54) is 0 Å². The molecule has 6 N–H and O–H groups in total. The van der Waals surface area contributed by atoms with Crippen LogP contribution in [0, 0.1) is 0 Å². The Labute approximate surface area is 264 Å². The van der Waals surface area contributed by atoms with E-state index < -0.39 is 24.0 Å². The molecule has 8 heteroatoms. The van der Waals surface area contributed by atoms with E-state index in [0.717, 1.165) is 70.0 Å². The van der Waals surface area contributed by atoms with Gasteiger partial charge in [0.1, 0.15) is 23.0 Å². The van der Waals surface area contributed by atoms with Crippen molar-refractivity contribution in [3.63, 3.8) is 0 Å². The fourth-order valence-electron chi connectivity index (χ4n) is 9.03. The average molecular weight is 615 g/mol. The maximum absolute atomic E-state index is 12.3. The molecule has 3 aliphatic rings. The Balaban J connectivity index is 1.35. The molecule has 9 rings (SSSR count). The van der Waals surface area contributed by atoms with Crippen LogP contribution in [0.2, 0.25) is 0 Å². The summed E-state index contributed by atoms with van der Waals surface area (Å²) in [7, 11) is 3.80. The van der Waals surface area contributed by atoms with Gasteiger partial charge in [0, 0.05) is 82.1 Å². The third-order valence-electron chi connectivity index (χ3n) is 10.9. The van der Waals surface area contributed by atoms with Crippen LogP contribution in [0.5, 0.6) is 23.0 Å². The first kappa shape index (κ1) is 27.4. The molecule has 1 saturated carbocycles. The van der Waals surface area contributed by atoms with E-state index in [1.807, 2.05) is 43.3 Å². The van der Waals surface area contributed by atoms with Crippen LogP contribution in [0.15, 0.2) is 60.7 Å². The van der Waals surface area contributed by atoms with Gasteiger partial charge in [-0.3, -0.25) is 0 Å². The third kappa shape index (κ3) is 3.30. The predicted molar refractivity (Wildman–Crippen MR) is 181 cm³/mol. The van der Waals surface area contributed by atoms with Crippen LogP contribution in [0.25, 0.3) is 43.1 Å². The van der Waals surface area contributed by atoms with Gasteiger partial charge in [-0.15, -0.1) is 0 Å². The summed E-state index contributed by atoms with van der Waals surface area (Å²) < 4.78 is 0. The summed E-state index contributed by atoms with van der Waals surface area (Å²) in [6.07, 6.45) is -0.737. The number of anilines is 2. The van der Waals surface area contributed by atoms with E-state index in [1.54, 1.807) is 36.4 Å². The molecule has 0 spiro atoms. The highest BCUT2D eigenvalue weighted by atomic mass is 16.3. The molecule has 0 radical (unpaired) electrons. The Kier molecular flexibility index (Phi) is 5.55. The molecular formula is C38H34N2O6. The van der Waals surface area contributed by atoms with Gasteiger partial charge in [-0.1, -0.05) is 36.4 Å². The molecule has 232 valence electrons. The van der Waals surface area contributed by atoms with Crippen molar-refractivity contribution in [3.05, 3.63) is 82.9 Å². The van der Waals surface area contributed by atoms with Gasteiger partial charge in [0.05, 0.1) is 23.6 Å². The maximum atomic E-state index is 12.3. The fraction of sp³-hybridized carbons (Fsp3) is 0.263. The van der Waals surface area contributed by atoms with Crippen LogP contribution in [-0.4, -0.2) is 70.0 Å². The number of aliphatic hydroxyl groups excluding tert-OH is 2. The second-order valence-corrected chi connectivity index (χ2v) is 13.3. The summed E-state index contributed by atoms with van der Waals surface area (Å²) in [5.41, 5.74) is 4.97. The lowest BCUT2D eigenvalue weighted by Crippen LogP contribution is -2.52. The first-order valence-corrected chi connectivity index (χ1v) is 15.8. The van der Waals surface area contributed by atoms with Gasteiger partial charge >= 0.3 is 0 Å². The van der Waals surface area contributed by atoms with E-state index in [9.17, 15) is 30.6 Å². The number of hydrogen-bond donors (Lipinski definition) is 6. The van der Waals surface area contributed by atoms with Crippen LogP contribution in [0.3, 0.4) is 0 Å². The Morgan fingerprint density at radius 1 is 0.565 bits per heavy atom. The zero-order valence-corrected chi connectivity index (χ0v) is 25.5. The highest BCUT2D eigenvalue weighted by Crippen LogP contribution is 2.60. The summed E-state index contributed by atoms with van der Waals surface area (Å²) in [5.74, 6) is -1.71. The van der Waals surface area contributed by atoms with Crippen molar-refractivity contribution in [1.29, 1.82) is 0 Å². The van der Waals surface area contributed by atoms with Gasteiger partial charge < -0.3 is 40.4 Å². The average Bonchev–Trinajstić information content (AvgIpc) is 3.03. The Bertz CT molecular complexity index is 2170. The van der Waals surface area contributed by atoms with E-state index in [4.69, 9.17) is 0 Å². The number of aromatic hydroxyl groups is 4. The quantitative estimate of drug-likeness (QED) is 0.140. The molecule has 2 atom stereocenters. The molecule has 46 heavy (non-hydrogen) atoms. The lowest BCUT2D eigenvalue weighted by Gasteiger charge is -2.49. The molecule has 6 aromatic carbocycles. The Morgan fingerprint density at radius 2 is 1.00 bits per heavy atom. The number of nitrogens with zero attached hydrogens (tertiary/aromatic N) is 2. The van der Waals surface area contributed by atoms with Gasteiger partial charge in [-0.05, 0) is 59.4 Å². The zero-order valence-electron chi connectivity index (χ0n) is 25.5. The van der Waals surface area contributed by atoms with E-state index in [2.05, 4.69) is 4.90 Å². The molecule has 2 aliphatic heterocycles. The van der Waals surface area contributed by atoms with Crippen molar-refractivity contribution in [1.82, 2.24) is 0 Å². The Morgan fingerprint density at radius 3 is 1.46 bits per heavy atom. The van der Waals surface area contributed by atoms with Crippen LogP contribution in [-0.2, 0) is 12.8 Å². The number of phenolic OH excluding ortho intramolecular Hbond substituents is 4. The SMILES string of the molecule is CN(C)c1c2cccc(O)c2c(C2C(O)C(c3c4c(O)ccc5c4c4c6c(ccc(O)c36)CCN4CC5)C2O)c2c(O)cccc12. The minimum absolute atomic E-state index is 0.0159. The minimum Gasteiger partial charge on any atom is -0.507 e. The summed E-state index contributed by atoms with van der Waals surface area (Å²) in [4.78, 5) is 4.25. The van der Waals surface area contributed by atoms with Crippen LogP contribution in [0.1, 0.15) is 34.1 Å². The molecule has 0 saturated heterocycles. The highest BCUT2D eigenvalue weighted by Gasteiger charge is 2.54. The first-order valence-electron chi connectivity index (χ1n) is 15.8. The number of rotatable bonds is 3. The molecule has 0 bridgehead atoms. The monoisotopic (exact) mass is 614 g/mol. The zero-order chi connectivity index (χ0) is 31.8. The predicted octanol–water partition coefficient (Wildman–Crippen LogP) is 5.71. The summed E-state index contributed by atoms with van der Waals surface area (Å²) >= 11 is 0. The van der Waals surface area contributed by atoms with Gasteiger partial charge in [0.2, 0.25) is 0 Å². The lowest BCUT2D eigenvalue weighted by molar-refractivity contribution is -0.0766. The minimum atomic E-state index is -1.17. The van der Waals surface area contributed by atoms with Gasteiger partial charge in [0.15, 0.2) is 0 Å². The summed E-state index contributed by atoms with van der Waals surface area (Å²) in [6.45, 7) is 1.67.